The minimum atomic E-state index is -0.258. The van der Waals surface area contributed by atoms with Crippen LogP contribution in [0.2, 0.25) is 0 Å². The first-order chi connectivity index (χ1) is 27.3. The van der Waals surface area contributed by atoms with Gasteiger partial charge in [-0.05, 0) is 131 Å². The second-order valence-corrected chi connectivity index (χ2v) is 15.3. The van der Waals surface area contributed by atoms with Gasteiger partial charge in [-0.25, -0.2) is 8.78 Å². The van der Waals surface area contributed by atoms with Crippen LogP contribution in [0, 0.1) is 11.6 Å². The van der Waals surface area contributed by atoms with Crippen LogP contribution in [0.3, 0.4) is 0 Å². The van der Waals surface area contributed by atoms with Gasteiger partial charge in [-0.1, -0.05) is 80.6 Å². The Morgan fingerprint density at radius 2 is 0.821 bits per heavy atom. The number of nitrogens with zero attached hydrogens (tertiary/aromatic N) is 3. The lowest BCUT2D eigenvalue weighted by Gasteiger charge is -2.28. The molecule has 0 saturated heterocycles. The second kappa shape index (κ2) is 12.0. The van der Waals surface area contributed by atoms with E-state index in [-0.39, 0.29) is 17.0 Å². The molecule has 1 aliphatic carbocycles. The number of para-hydroxylation sites is 2. The van der Waals surface area contributed by atoms with Crippen LogP contribution >= 0.6 is 0 Å². The molecule has 56 heavy (non-hydrogen) atoms. The van der Waals surface area contributed by atoms with Gasteiger partial charge in [-0.15, -0.1) is 0 Å². The van der Waals surface area contributed by atoms with Gasteiger partial charge in [0.15, 0.2) is 0 Å². The Labute approximate surface area is 322 Å². The molecule has 0 spiro atoms. The number of aromatic nitrogens is 2. The lowest BCUT2D eigenvalue weighted by atomic mass is 9.82. The molecular formula is C51H35F2N3. The van der Waals surface area contributed by atoms with E-state index in [2.05, 4.69) is 155 Å². The Bertz CT molecular complexity index is 3020. The summed E-state index contributed by atoms with van der Waals surface area (Å²) in [5, 5.41) is 4.46. The van der Waals surface area contributed by atoms with E-state index in [4.69, 9.17) is 0 Å². The molecule has 268 valence electrons. The van der Waals surface area contributed by atoms with Gasteiger partial charge in [-0.3, -0.25) is 0 Å². The molecule has 0 atom stereocenters. The highest BCUT2D eigenvalue weighted by Crippen LogP contribution is 2.51. The molecule has 2 heterocycles. The van der Waals surface area contributed by atoms with E-state index in [0.717, 1.165) is 72.0 Å². The van der Waals surface area contributed by atoms with Crippen molar-refractivity contribution < 1.29 is 8.78 Å². The van der Waals surface area contributed by atoms with Crippen molar-refractivity contribution in [3.63, 3.8) is 0 Å². The fourth-order valence-electron chi connectivity index (χ4n) is 9.22. The molecule has 0 unspecified atom stereocenters. The Kier molecular flexibility index (Phi) is 6.96. The topological polar surface area (TPSA) is 13.1 Å². The molecule has 8 aromatic carbocycles. The Balaban J connectivity index is 1.16. The molecule has 10 aromatic rings. The maximum atomic E-state index is 14.1. The predicted octanol–water partition coefficient (Wildman–Crippen LogP) is 13.9. The first-order valence-corrected chi connectivity index (χ1v) is 19.0. The van der Waals surface area contributed by atoms with Crippen LogP contribution in [0.5, 0.6) is 0 Å². The zero-order valence-corrected chi connectivity index (χ0v) is 30.8. The number of fused-ring (bicyclic) bond motifs is 9. The molecule has 0 radical (unpaired) electrons. The third kappa shape index (κ3) is 4.74. The van der Waals surface area contributed by atoms with Crippen LogP contribution in [0.25, 0.3) is 66.1 Å². The first kappa shape index (κ1) is 32.5. The SMILES string of the molecule is CC1(C)c2ccccc2-c2ccc(N(c3ccc4c(c3)c3ccccc3n4-c3ccc(F)cc3)c3ccc4c(c3)c3ccccc3n4-c3ccc(F)cc3)cc21. The van der Waals surface area contributed by atoms with Crippen LogP contribution in [0.1, 0.15) is 25.0 Å². The average molecular weight is 728 g/mol. The average Bonchev–Trinajstić information content (AvgIpc) is 3.82. The number of hydrogen-bond donors (Lipinski definition) is 0. The van der Waals surface area contributed by atoms with Gasteiger partial charge in [-0.2, -0.15) is 0 Å². The molecular weight excluding hydrogens is 693 g/mol. The van der Waals surface area contributed by atoms with E-state index < -0.39 is 0 Å². The third-order valence-electron chi connectivity index (χ3n) is 11.8. The normalized spacial score (nSPS) is 13.1. The van der Waals surface area contributed by atoms with Gasteiger partial charge in [0.05, 0.1) is 22.1 Å². The van der Waals surface area contributed by atoms with Crippen LogP contribution in [-0.4, -0.2) is 9.13 Å². The zero-order chi connectivity index (χ0) is 37.7. The third-order valence-corrected chi connectivity index (χ3v) is 11.8. The largest absolute Gasteiger partial charge is 0.310 e. The molecule has 0 N–H and O–H groups in total. The molecule has 3 nitrogen and oxygen atoms in total. The monoisotopic (exact) mass is 727 g/mol. The van der Waals surface area contributed by atoms with Crippen LogP contribution in [0.4, 0.5) is 25.8 Å². The molecule has 0 saturated carbocycles. The molecule has 0 aliphatic heterocycles. The smallest absolute Gasteiger partial charge is 0.123 e. The highest BCUT2D eigenvalue weighted by atomic mass is 19.1. The molecule has 0 fully saturated rings. The van der Waals surface area contributed by atoms with Gasteiger partial charge >= 0.3 is 0 Å². The van der Waals surface area contributed by atoms with E-state index in [1.165, 1.54) is 46.5 Å². The van der Waals surface area contributed by atoms with Gasteiger partial charge in [0, 0.05) is 55.4 Å². The van der Waals surface area contributed by atoms with Crippen molar-refractivity contribution >= 4 is 60.7 Å². The zero-order valence-electron chi connectivity index (χ0n) is 30.8. The summed E-state index contributed by atoms with van der Waals surface area (Å²) in [6, 6.07) is 59.2. The Hall–Kier alpha value is -6.98. The van der Waals surface area contributed by atoms with E-state index in [9.17, 15) is 8.78 Å². The van der Waals surface area contributed by atoms with Gasteiger partial charge in [0.1, 0.15) is 11.6 Å². The fourth-order valence-corrected chi connectivity index (χ4v) is 9.22. The molecule has 5 heteroatoms. The molecule has 0 bridgehead atoms. The maximum absolute atomic E-state index is 14.1. The van der Waals surface area contributed by atoms with Crippen molar-refractivity contribution in [1.29, 1.82) is 0 Å². The maximum Gasteiger partial charge on any atom is 0.123 e. The van der Waals surface area contributed by atoms with E-state index in [1.54, 1.807) is 0 Å². The predicted molar refractivity (Wildman–Crippen MR) is 227 cm³/mol. The molecule has 1 aliphatic rings. The first-order valence-electron chi connectivity index (χ1n) is 19.0. The van der Waals surface area contributed by atoms with Crippen molar-refractivity contribution in [2.24, 2.45) is 0 Å². The summed E-state index contributed by atoms with van der Waals surface area (Å²) in [6.45, 7) is 4.64. The summed E-state index contributed by atoms with van der Waals surface area (Å²) < 4.78 is 32.6. The van der Waals surface area contributed by atoms with Crippen LogP contribution in [0.15, 0.2) is 176 Å². The minimum absolute atomic E-state index is 0.174. The van der Waals surface area contributed by atoms with Crippen molar-refractivity contribution in [2.45, 2.75) is 19.3 Å². The molecule has 11 rings (SSSR count). The summed E-state index contributed by atoms with van der Waals surface area (Å²) in [6.07, 6.45) is 0. The summed E-state index contributed by atoms with van der Waals surface area (Å²) >= 11 is 0. The highest BCUT2D eigenvalue weighted by Gasteiger charge is 2.36. The number of anilines is 3. The summed E-state index contributed by atoms with van der Waals surface area (Å²) in [7, 11) is 0. The van der Waals surface area contributed by atoms with Gasteiger partial charge in [0.25, 0.3) is 0 Å². The highest BCUT2D eigenvalue weighted by molar-refractivity contribution is 6.12. The second-order valence-electron chi connectivity index (χ2n) is 15.3. The summed E-state index contributed by atoms with van der Waals surface area (Å²) in [4.78, 5) is 2.37. The Morgan fingerprint density at radius 3 is 1.38 bits per heavy atom. The summed E-state index contributed by atoms with van der Waals surface area (Å²) in [5.74, 6) is -0.517. The number of hydrogen-bond acceptors (Lipinski definition) is 1. The quantitative estimate of drug-likeness (QED) is 0.172. The van der Waals surface area contributed by atoms with Gasteiger partial charge in [0.2, 0.25) is 0 Å². The van der Waals surface area contributed by atoms with Crippen molar-refractivity contribution in [3.05, 3.63) is 199 Å². The number of rotatable bonds is 5. The van der Waals surface area contributed by atoms with Crippen molar-refractivity contribution in [3.8, 4) is 22.5 Å². The van der Waals surface area contributed by atoms with Crippen molar-refractivity contribution in [2.75, 3.05) is 4.90 Å². The number of benzene rings is 8. The van der Waals surface area contributed by atoms with Crippen molar-refractivity contribution in [1.82, 2.24) is 9.13 Å². The van der Waals surface area contributed by atoms with Gasteiger partial charge < -0.3 is 14.0 Å². The van der Waals surface area contributed by atoms with E-state index >= 15 is 0 Å². The van der Waals surface area contributed by atoms with Crippen LogP contribution in [-0.2, 0) is 5.41 Å². The van der Waals surface area contributed by atoms with E-state index in [1.807, 2.05) is 24.3 Å². The molecule has 0 amide bonds. The van der Waals surface area contributed by atoms with Crippen LogP contribution < -0.4 is 4.90 Å². The minimum Gasteiger partial charge on any atom is -0.310 e. The Morgan fingerprint density at radius 1 is 0.393 bits per heavy atom. The number of halogens is 2. The lowest BCUT2D eigenvalue weighted by molar-refractivity contribution is 0.627. The fraction of sp³-hybridized carbons (Fsp3) is 0.0588. The van der Waals surface area contributed by atoms with E-state index in [0.29, 0.717) is 0 Å². The lowest BCUT2D eigenvalue weighted by Crippen LogP contribution is -2.16. The molecule has 2 aromatic heterocycles. The summed E-state index contributed by atoms with van der Waals surface area (Å²) in [5.41, 5.74) is 14.2. The standard InChI is InChI=1S/C51H35F2N3/c1-51(2)45-12-6-3-9-39(45)40-26-23-38(31-46(40)51)54(36-24-27-49-43(29-36)41-10-4-7-13-47(41)55(49)34-19-15-32(52)16-20-34)37-25-28-50-44(30-37)42-11-5-8-14-48(42)56(50)35-21-17-33(53)18-22-35/h3-31H,1-2H3.